The van der Waals surface area contributed by atoms with E-state index in [2.05, 4.69) is 12.2 Å². The van der Waals surface area contributed by atoms with Gasteiger partial charge in [0.15, 0.2) is 0 Å². The molecular formula is C10H20N2O2. The molecule has 0 aliphatic carbocycles. The van der Waals surface area contributed by atoms with Crippen LogP contribution >= 0.6 is 0 Å². The van der Waals surface area contributed by atoms with Crippen molar-refractivity contribution in [2.24, 2.45) is 0 Å². The molecule has 0 bridgehead atoms. The molecule has 0 aromatic rings. The van der Waals surface area contributed by atoms with Gasteiger partial charge in [0.2, 0.25) is 5.91 Å². The lowest BCUT2D eigenvalue weighted by Gasteiger charge is -2.32. The fourth-order valence-corrected chi connectivity index (χ4v) is 1.68. The van der Waals surface area contributed by atoms with E-state index < -0.39 is 0 Å². The molecule has 0 spiro atoms. The third-order valence-electron chi connectivity index (χ3n) is 2.46. The van der Waals surface area contributed by atoms with Crippen LogP contribution in [0.2, 0.25) is 0 Å². The van der Waals surface area contributed by atoms with Gasteiger partial charge in [-0.15, -0.1) is 0 Å². The number of hydrogen-bond donors (Lipinski definition) is 1. The predicted octanol–water partition coefficient (Wildman–Crippen LogP) is 0.233. The summed E-state index contributed by atoms with van der Waals surface area (Å²) in [7, 11) is 1.66. The maximum atomic E-state index is 11.7. The lowest BCUT2D eigenvalue weighted by Crippen LogP contribution is -2.51. The third kappa shape index (κ3) is 3.64. The summed E-state index contributed by atoms with van der Waals surface area (Å²) in [6.45, 7) is 5.38. The molecule has 0 saturated carbocycles. The largest absolute Gasteiger partial charge is 0.385 e. The first kappa shape index (κ1) is 11.5. The molecule has 1 aliphatic rings. The Bertz CT molecular complexity index is 185. The van der Waals surface area contributed by atoms with E-state index in [1.165, 1.54) is 0 Å². The van der Waals surface area contributed by atoms with Gasteiger partial charge in [-0.05, 0) is 13.3 Å². The van der Waals surface area contributed by atoms with Gasteiger partial charge in [0, 0.05) is 45.8 Å². The van der Waals surface area contributed by atoms with E-state index in [0.29, 0.717) is 19.1 Å². The molecule has 82 valence electrons. The van der Waals surface area contributed by atoms with E-state index >= 15 is 0 Å². The van der Waals surface area contributed by atoms with Crippen molar-refractivity contribution in [1.29, 1.82) is 0 Å². The zero-order valence-electron chi connectivity index (χ0n) is 9.08. The number of amides is 1. The van der Waals surface area contributed by atoms with E-state index in [1.807, 2.05) is 4.90 Å². The highest BCUT2D eigenvalue weighted by atomic mass is 16.5. The molecule has 1 aliphatic heterocycles. The van der Waals surface area contributed by atoms with E-state index in [-0.39, 0.29) is 5.91 Å². The Balaban J connectivity index is 2.22. The summed E-state index contributed by atoms with van der Waals surface area (Å²) in [6, 6.07) is 0.426. The molecule has 1 N–H and O–H groups in total. The number of rotatable bonds is 4. The highest BCUT2D eigenvalue weighted by molar-refractivity contribution is 5.76. The van der Waals surface area contributed by atoms with Crippen LogP contribution in [0, 0.1) is 0 Å². The van der Waals surface area contributed by atoms with Gasteiger partial charge in [0.25, 0.3) is 0 Å². The van der Waals surface area contributed by atoms with Gasteiger partial charge >= 0.3 is 0 Å². The quantitative estimate of drug-likeness (QED) is 0.661. The SMILES string of the molecule is COCCCC(=O)N1CCN[C@@H](C)C1. The van der Waals surface area contributed by atoms with Crippen LogP contribution in [0.1, 0.15) is 19.8 Å². The molecule has 1 saturated heterocycles. The van der Waals surface area contributed by atoms with Crippen molar-refractivity contribution in [1.82, 2.24) is 10.2 Å². The number of methoxy groups -OCH3 is 1. The van der Waals surface area contributed by atoms with Crippen LogP contribution in [0.15, 0.2) is 0 Å². The summed E-state index contributed by atoms with van der Waals surface area (Å²) >= 11 is 0. The van der Waals surface area contributed by atoms with Gasteiger partial charge in [0.05, 0.1) is 0 Å². The highest BCUT2D eigenvalue weighted by Gasteiger charge is 2.19. The zero-order valence-corrected chi connectivity index (χ0v) is 9.08. The second-order valence-corrected chi connectivity index (χ2v) is 3.79. The van der Waals surface area contributed by atoms with Crippen LogP contribution in [0.5, 0.6) is 0 Å². The van der Waals surface area contributed by atoms with Gasteiger partial charge < -0.3 is 15.0 Å². The minimum Gasteiger partial charge on any atom is -0.385 e. The number of hydrogen-bond acceptors (Lipinski definition) is 3. The van der Waals surface area contributed by atoms with Crippen molar-refractivity contribution >= 4 is 5.91 Å². The molecule has 1 fully saturated rings. The summed E-state index contributed by atoms with van der Waals surface area (Å²) in [6.07, 6.45) is 1.44. The molecule has 4 nitrogen and oxygen atoms in total. The lowest BCUT2D eigenvalue weighted by molar-refractivity contribution is -0.132. The molecule has 1 amide bonds. The smallest absolute Gasteiger partial charge is 0.222 e. The average Bonchev–Trinajstić information content (AvgIpc) is 2.18. The molecular weight excluding hydrogens is 180 g/mol. The topological polar surface area (TPSA) is 41.6 Å². The molecule has 0 aromatic carbocycles. The highest BCUT2D eigenvalue weighted by Crippen LogP contribution is 2.03. The van der Waals surface area contributed by atoms with Crippen molar-refractivity contribution in [3.63, 3.8) is 0 Å². The van der Waals surface area contributed by atoms with Gasteiger partial charge in [-0.1, -0.05) is 0 Å². The van der Waals surface area contributed by atoms with E-state index in [4.69, 9.17) is 4.74 Å². The number of carbonyl (C=O) groups excluding carboxylic acids is 1. The van der Waals surface area contributed by atoms with Gasteiger partial charge in [0.1, 0.15) is 0 Å². The zero-order chi connectivity index (χ0) is 10.4. The Kier molecular flexibility index (Phi) is 4.90. The van der Waals surface area contributed by atoms with Crippen molar-refractivity contribution in [2.45, 2.75) is 25.8 Å². The maximum absolute atomic E-state index is 11.7. The summed E-state index contributed by atoms with van der Waals surface area (Å²) in [5, 5.41) is 3.32. The van der Waals surface area contributed by atoms with Gasteiger partial charge in [-0.3, -0.25) is 4.79 Å². The standard InChI is InChI=1S/C10H20N2O2/c1-9-8-12(6-5-11-9)10(13)4-3-7-14-2/h9,11H,3-8H2,1-2H3/t9-/m0/s1. The first-order chi connectivity index (χ1) is 6.74. The van der Waals surface area contributed by atoms with Crippen molar-refractivity contribution in [3.8, 4) is 0 Å². The molecule has 1 heterocycles. The van der Waals surface area contributed by atoms with Crippen LogP contribution in [0.4, 0.5) is 0 Å². The number of ether oxygens (including phenoxy) is 1. The molecule has 1 rings (SSSR count). The lowest BCUT2D eigenvalue weighted by atomic mass is 10.2. The van der Waals surface area contributed by atoms with Crippen LogP contribution < -0.4 is 5.32 Å². The number of piperazine rings is 1. The normalized spacial score (nSPS) is 22.4. The van der Waals surface area contributed by atoms with Crippen LogP contribution in [-0.4, -0.2) is 50.2 Å². The fraction of sp³-hybridized carbons (Fsp3) is 0.900. The summed E-state index contributed by atoms with van der Waals surface area (Å²) < 4.78 is 4.92. The minimum absolute atomic E-state index is 0.260. The molecule has 0 aromatic heterocycles. The van der Waals surface area contributed by atoms with E-state index in [1.54, 1.807) is 7.11 Å². The summed E-state index contributed by atoms with van der Waals surface area (Å²) in [5.41, 5.74) is 0. The molecule has 0 radical (unpaired) electrons. The number of nitrogens with zero attached hydrogens (tertiary/aromatic N) is 1. The third-order valence-corrected chi connectivity index (χ3v) is 2.46. The average molecular weight is 200 g/mol. The molecule has 14 heavy (non-hydrogen) atoms. The first-order valence-corrected chi connectivity index (χ1v) is 5.24. The monoisotopic (exact) mass is 200 g/mol. The Morgan fingerprint density at radius 2 is 2.43 bits per heavy atom. The first-order valence-electron chi connectivity index (χ1n) is 5.24. The second kappa shape index (κ2) is 5.98. The fourth-order valence-electron chi connectivity index (χ4n) is 1.68. The Hall–Kier alpha value is -0.610. The second-order valence-electron chi connectivity index (χ2n) is 3.79. The van der Waals surface area contributed by atoms with Crippen molar-refractivity contribution < 1.29 is 9.53 Å². The number of carbonyl (C=O) groups is 1. The van der Waals surface area contributed by atoms with Crippen LogP contribution in [0.25, 0.3) is 0 Å². The Labute approximate surface area is 85.6 Å². The van der Waals surface area contributed by atoms with Crippen LogP contribution in [-0.2, 0) is 9.53 Å². The van der Waals surface area contributed by atoms with E-state index in [0.717, 1.165) is 26.1 Å². The minimum atomic E-state index is 0.260. The maximum Gasteiger partial charge on any atom is 0.222 e. The predicted molar refractivity (Wildman–Crippen MR) is 55.2 cm³/mol. The Morgan fingerprint density at radius 1 is 1.64 bits per heavy atom. The Morgan fingerprint density at radius 3 is 3.07 bits per heavy atom. The van der Waals surface area contributed by atoms with Gasteiger partial charge in [-0.2, -0.15) is 0 Å². The summed E-state index contributed by atoms with van der Waals surface area (Å²) in [4.78, 5) is 13.6. The molecule has 1 atom stereocenters. The van der Waals surface area contributed by atoms with Crippen molar-refractivity contribution in [3.05, 3.63) is 0 Å². The van der Waals surface area contributed by atoms with Gasteiger partial charge in [-0.25, -0.2) is 0 Å². The molecule has 4 heteroatoms. The van der Waals surface area contributed by atoms with Crippen molar-refractivity contribution in [2.75, 3.05) is 33.4 Å². The number of nitrogens with one attached hydrogen (secondary N) is 1. The molecule has 0 unspecified atom stereocenters. The summed E-state index contributed by atoms with van der Waals surface area (Å²) in [5.74, 6) is 0.260. The van der Waals surface area contributed by atoms with E-state index in [9.17, 15) is 4.79 Å². The van der Waals surface area contributed by atoms with Crippen LogP contribution in [0.3, 0.4) is 0 Å².